The summed E-state index contributed by atoms with van der Waals surface area (Å²) in [6.07, 6.45) is 0.690. The third-order valence-corrected chi connectivity index (χ3v) is 5.46. The van der Waals surface area contributed by atoms with Gasteiger partial charge in [0.15, 0.2) is 5.78 Å². The van der Waals surface area contributed by atoms with Crippen LogP contribution < -0.4 is 10.5 Å². The van der Waals surface area contributed by atoms with Gasteiger partial charge in [0.2, 0.25) is 5.88 Å². The van der Waals surface area contributed by atoms with E-state index in [0.29, 0.717) is 17.8 Å². The number of halogens is 1. The van der Waals surface area contributed by atoms with Crippen LogP contribution >= 0.6 is 0 Å². The van der Waals surface area contributed by atoms with Crippen molar-refractivity contribution in [1.82, 2.24) is 0 Å². The molecular weight excluding hydrogens is 371 g/mol. The van der Waals surface area contributed by atoms with Crippen LogP contribution in [0, 0.1) is 17.1 Å². The zero-order chi connectivity index (χ0) is 20.5. The van der Waals surface area contributed by atoms with Gasteiger partial charge in [-0.1, -0.05) is 30.3 Å². The van der Waals surface area contributed by atoms with Crippen molar-refractivity contribution in [2.24, 2.45) is 5.73 Å². The van der Waals surface area contributed by atoms with Crippen molar-refractivity contribution in [3.8, 4) is 11.8 Å². The fourth-order valence-corrected chi connectivity index (χ4v) is 4.04. The highest BCUT2D eigenvalue weighted by Gasteiger charge is 2.41. The number of hydrogen-bond donors (Lipinski definition) is 1. The molecule has 2 aliphatic rings. The SMILES string of the molecule is COc1ccc([C@H]2CC(=O)C3=C(C2)OC(N)=C(C#N)[C@H]3c2ccccc2F)cc1. The Labute approximate surface area is 167 Å². The van der Waals surface area contributed by atoms with E-state index in [0.717, 1.165) is 11.3 Å². The van der Waals surface area contributed by atoms with Gasteiger partial charge < -0.3 is 15.2 Å². The second kappa shape index (κ2) is 7.44. The Bertz CT molecular complexity index is 1080. The Morgan fingerprint density at radius 1 is 1.17 bits per heavy atom. The van der Waals surface area contributed by atoms with Crippen LogP contribution in [0.4, 0.5) is 4.39 Å². The van der Waals surface area contributed by atoms with Crippen LogP contribution in [0.1, 0.15) is 35.8 Å². The molecule has 2 N–H and O–H groups in total. The average Bonchev–Trinajstić information content (AvgIpc) is 2.73. The second-order valence-corrected chi connectivity index (χ2v) is 7.08. The maximum Gasteiger partial charge on any atom is 0.205 e. The number of rotatable bonds is 3. The number of nitriles is 1. The van der Waals surface area contributed by atoms with E-state index in [1.54, 1.807) is 25.3 Å². The van der Waals surface area contributed by atoms with E-state index in [-0.39, 0.29) is 35.1 Å². The van der Waals surface area contributed by atoms with Crippen molar-refractivity contribution in [3.63, 3.8) is 0 Å². The molecule has 1 aliphatic carbocycles. The molecule has 4 rings (SSSR count). The summed E-state index contributed by atoms with van der Waals surface area (Å²) >= 11 is 0. The number of ether oxygens (including phenoxy) is 2. The predicted molar refractivity (Wildman–Crippen MR) is 104 cm³/mol. The van der Waals surface area contributed by atoms with Gasteiger partial charge in [0.25, 0.3) is 0 Å². The summed E-state index contributed by atoms with van der Waals surface area (Å²) < 4.78 is 25.4. The predicted octanol–water partition coefficient (Wildman–Crippen LogP) is 4.04. The Balaban J connectivity index is 1.76. The molecule has 5 nitrogen and oxygen atoms in total. The van der Waals surface area contributed by atoms with E-state index in [1.165, 1.54) is 6.07 Å². The van der Waals surface area contributed by atoms with Crippen LogP contribution in [0.2, 0.25) is 0 Å². The first kappa shape index (κ1) is 18.8. The highest BCUT2D eigenvalue weighted by atomic mass is 19.1. The van der Waals surface area contributed by atoms with Crippen LogP contribution in [0.5, 0.6) is 5.75 Å². The lowest BCUT2D eigenvalue weighted by atomic mass is 9.73. The standard InChI is InChI=1S/C23H19FN2O3/c1-28-15-8-6-13(7-9-15)14-10-19(27)22-20(11-14)29-23(26)17(12-25)21(22)16-4-2-3-5-18(16)24/h2-9,14,21H,10-11,26H2,1H3/t14-,21+/m0/s1. The van der Waals surface area contributed by atoms with Crippen LogP contribution in [0.15, 0.2) is 71.3 Å². The first-order valence-corrected chi connectivity index (χ1v) is 9.25. The van der Waals surface area contributed by atoms with Gasteiger partial charge in [-0.05, 0) is 29.7 Å². The van der Waals surface area contributed by atoms with Gasteiger partial charge in [-0.3, -0.25) is 4.79 Å². The Kier molecular flexibility index (Phi) is 4.81. The summed E-state index contributed by atoms with van der Waals surface area (Å²) in [5.41, 5.74) is 7.60. The Hall–Kier alpha value is -3.59. The van der Waals surface area contributed by atoms with E-state index in [4.69, 9.17) is 15.2 Å². The molecule has 0 spiro atoms. The average molecular weight is 390 g/mol. The summed E-state index contributed by atoms with van der Waals surface area (Å²) in [4.78, 5) is 13.1. The first-order chi connectivity index (χ1) is 14.0. The summed E-state index contributed by atoms with van der Waals surface area (Å²) in [5, 5.41) is 9.60. The summed E-state index contributed by atoms with van der Waals surface area (Å²) in [5.74, 6) is -0.541. The summed E-state index contributed by atoms with van der Waals surface area (Å²) in [6.45, 7) is 0. The fraction of sp³-hybridized carbons (Fsp3) is 0.217. The van der Waals surface area contributed by atoms with Crippen molar-refractivity contribution >= 4 is 5.78 Å². The van der Waals surface area contributed by atoms with Gasteiger partial charge in [-0.2, -0.15) is 5.26 Å². The number of nitrogens with two attached hydrogens (primary N) is 1. The fourth-order valence-electron chi connectivity index (χ4n) is 4.04. The van der Waals surface area contributed by atoms with E-state index in [1.807, 2.05) is 30.3 Å². The molecule has 0 bridgehead atoms. The van der Waals surface area contributed by atoms with Crippen LogP contribution in [-0.4, -0.2) is 12.9 Å². The molecule has 0 saturated heterocycles. The largest absolute Gasteiger partial charge is 0.497 e. The van der Waals surface area contributed by atoms with Gasteiger partial charge >= 0.3 is 0 Å². The van der Waals surface area contributed by atoms with Gasteiger partial charge in [-0.15, -0.1) is 0 Å². The van der Waals surface area contributed by atoms with Gasteiger partial charge in [0.05, 0.1) is 13.0 Å². The normalized spacial score (nSPS) is 21.3. The Morgan fingerprint density at radius 2 is 1.90 bits per heavy atom. The van der Waals surface area contributed by atoms with Crippen molar-refractivity contribution in [2.45, 2.75) is 24.7 Å². The summed E-state index contributed by atoms with van der Waals surface area (Å²) in [6, 6.07) is 15.6. The van der Waals surface area contributed by atoms with Crippen LogP contribution in [-0.2, 0) is 9.53 Å². The molecule has 0 radical (unpaired) electrons. The second-order valence-electron chi connectivity index (χ2n) is 7.08. The van der Waals surface area contributed by atoms with E-state index in [9.17, 15) is 14.4 Å². The van der Waals surface area contributed by atoms with E-state index < -0.39 is 11.7 Å². The molecule has 0 saturated carbocycles. The van der Waals surface area contributed by atoms with Crippen LogP contribution in [0.25, 0.3) is 0 Å². The molecule has 29 heavy (non-hydrogen) atoms. The first-order valence-electron chi connectivity index (χ1n) is 9.25. The quantitative estimate of drug-likeness (QED) is 0.855. The highest BCUT2D eigenvalue weighted by molar-refractivity contribution is 6.00. The Morgan fingerprint density at radius 3 is 2.55 bits per heavy atom. The zero-order valence-corrected chi connectivity index (χ0v) is 15.8. The third-order valence-electron chi connectivity index (χ3n) is 5.46. The van der Waals surface area contributed by atoms with Crippen molar-refractivity contribution in [3.05, 3.63) is 88.3 Å². The molecule has 1 aliphatic heterocycles. The number of hydrogen-bond acceptors (Lipinski definition) is 5. The molecule has 0 unspecified atom stereocenters. The molecule has 2 aromatic rings. The monoisotopic (exact) mass is 390 g/mol. The number of methoxy groups -OCH3 is 1. The van der Waals surface area contributed by atoms with Gasteiger partial charge in [0.1, 0.15) is 29.0 Å². The molecule has 0 aromatic heterocycles. The molecular formula is C23H19FN2O3. The number of nitrogens with zero attached hydrogens (tertiary/aromatic N) is 1. The third kappa shape index (κ3) is 3.25. The topological polar surface area (TPSA) is 85.3 Å². The number of allylic oxidation sites excluding steroid dienone is 3. The zero-order valence-electron chi connectivity index (χ0n) is 15.8. The number of carbonyl (C=O) groups excluding carboxylic acids is 1. The van der Waals surface area contributed by atoms with Gasteiger partial charge in [-0.25, -0.2) is 4.39 Å². The molecule has 146 valence electrons. The molecule has 2 aromatic carbocycles. The van der Waals surface area contributed by atoms with Crippen molar-refractivity contribution < 1.29 is 18.7 Å². The molecule has 0 amide bonds. The molecule has 2 atom stereocenters. The van der Waals surface area contributed by atoms with Crippen LogP contribution in [0.3, 0.4) is 0 Å². The maximum absolute atomic E-state index is 14.6. The molecule has 1 heterocycles. The number of Topliss-reactive ketones (excluding diaryl/α,β-unsaturated/α-hetero) is 1. The smallest absolute Gasteiger partial charge is 0.205 e. The van der Waals surface area contributed by atoms with E-state index >= 15 is 0 Å². The molecule has 6 heteroatoms. The summed E-state index contributed by atoms with van der Waals surface area (Å²) in [7, 11) is 1.59. The number of benzene rings is 2. The highest BCUT2D eigenvalue weighted by Crippen LogP contribution is 2.47. The van der Waals surface area contributed by atoms with Gasteiger partial charge in [0, 0.05) is 24.0 Å². The lowest BCUT2D eigenvalue weighted by Gasteiger charge is -2.34. The number of ketones is 1. The number of carbonyl (C=O) groups is 1. The lowest BCUT2D eigenvalue weighted by Crippen LogP contribution is -2.30. The van der Waals surface area contributed by atoms with Crippen molar-refractivity contribution in [2.75, 3.05) is 7.11 Å². The minimum atomic E-state index is -0.853. The lowest BCUT2D eigenvalue weighted by molar-refractivity contribution is -0.117. The van der Waals surface area contributed by atoms with Crippen molar-refractivity contribution in [1.29, 1.82) is 5.26 Å². The minimum Gasteiger partial charge on any atom is -0.497 e. The van der Waals surface area contributed by atoms with E-state index in [2.05, 4.69) is 0 Å². The minimum absolute atomic E-state index is 0.0603. The maximum atomic E-state index is 14.6. The molecule has 0 fully saturated rings.